The van der Waals surface area contributed by atoms with E-state index in [1.165, 1.54) is 47.2 Å². The van der Waals surface area contributed by atoms with Crippen molar-refractivity contribution < 1.29 is 0 Å². The van der Waals surface area contributed by atoms with E-state index in [4.69, 9.17) is 0 Å². The molecule has 1 saturated heterocycles. The minimum atomic E-state index is -1.58. The van der Waals surface area contributed by atoms with Gasteiger partial charge in [0.1, 0.15) is 0 Å². The molecule has 2 aromatic rings. The van der Waals surface area contributed by atoms with Crippen LogP contribution in [0.3, 0.4) is 0 Å². The van der Waals surface area contributed by atoms with Gasteiger partial charge in [-0.1, -0.05) is 84.6 Å². The van der Waals surface area contributed by atoms with Gasteiger partial charge in [-0.15, -0.1) is 0 Å². The monoisotopic (exact) mass is 370 g/mol. The molecule has 0 amide bonds. The molecule has 0 radical (unpaired) electrons. The van der Waals surface area contributed by atoms with Gasteiger partial charge < -0.3 is 0 Å². The number of fused-ring (bicyclic) bond motifs is 2. The third kappa shape index (κ3) is 2.34. The molecule has 3 aliphatic rings. The predicted octanol–water partition coefficient (Wildman–Crippen LogP) is 7.33. The van der Waals surface area contributed by atoms with Gasteiger partial charge >= 0.3 is 0 Å². The van der Waals surface area contributed by atoms with E-state index >= 15 is 0 Å². The number of allylic oxidation sites excluding steroid dienone is 2. The van der Waals surface area contributed by atoms with Crippen LogP contribution >= 0.6 is 0 Å². The first-order valence-electron chi connectivity index (χ1n) is 10.6. The molecule has 1 aliphatic heterocycles. The Labute approximate surface area is 165 Å². The van der Waals surface area contributed by atoms with E-state index in [1.807, 2.05) is 0 Å². The lowest BCUT2D eigenvalue weighted by molar-refractivity contribution is 0.935. The van der Waals surface area contributed by atoms with Gasteiger partial charge in [-0.3, -0.25) is 0 Å². The molecular weight excluding hydrogens is 340 g/mol. The van der Waals surface area contributed by atoms with Crippen molar-refractivity contribution in [1.82, 2.24) is 0 Å². The molecule has 27 heavy (non-hydrogen) atoms. The molecule has 0 aromatic heterocycles. The van der Waals surface area contributed by atoms with Crippen molar-refractivity contribution in [2.24, 2.45) is 0 Å². The minimum absolute atomic E-state index is 0.703. The molecule has 2 aromatic carbocycles. The second-order valence-corrected chi connectivity index (χ2v) is 13.9. The van der Waals surface area contributed by atoms with E-state index in [0.29, 0.717) is 11.1 Å². The summed E-state index contributed by atoms with van der Waals surface area (Å²) in [6.45, 7) is 9.41. The summed E-state index contributed by atoms with van der Waals surface area (Å²) in [4.78, 5) is 0. The maximum Gasteiger partial charge on any atom is 0.0781 e. The van der Waals surface area contributed by atoms with Crippen molar-refractivity contribution in [3.63, 3.8) is 0 Å². The molecule has 2 unspecified atom stereocenters. The Kier molecular flexibility index (Phi) is 3.88. The quantitative estimate of drug-likeness (QED) is 0.486. The average molecular weight is 371 g/mol. The Morgan fingerprint density at radius 1 is 0.667 bits per heavy atom. The van der Waals surface area contributed by atoms with Crippen LogP contribution in [0.1, 0.15) is 71.2 Å². The van der Waals surface area contributed by atoms with Gasteiger partial charge in [0, 0.05) is 11.1 Å². The first-order valence-corrected chi connectivity index (χ1v) is 13.2. The summed E-state index contributed by atoms with van der Waals surface area (Å²) < 4.78 is 0. The van der Waals surface area contributed by atoms with Crippen molar-refractivity contribution in [3.8, 4) is 0 Å². The summed E-state index contributed by atoms with van der Waals surface area (Å²) in [5, 5.41) is 0. The summed E-state index contributed by atoms with van der Waals surface area (Å²) in [6, 6.07) is 17.0. The van der Waals surface area contributed by atoms with Crippen LogP contribution in [-0.4, -0.2) is 8.07 Å². The first-order chi connectivity index (χ1) is 13.0. The lowest BCUT2D eigenvalue weighted by atomic mass is 10.0. The molecule has 138 valence electrons. The predicted molar refractivity (Wildman–Crippen MR) is 120 cm³/mol. The smallest absolute Gasteiger partial charge is 0.0679 e. The van der Waals surface area contributed by atoms with Crippen LogP contribution in [0.15, 0.2) is 47.5 Å². The van der Waals surface area contributed by atoms with Gasteiger partial charge in [0.05, 0.1) is 8.07 Å². The Morgan fingerprint density at radius 3 is 1.56 bits per heavy atom. The van der Waals surface area contributed by atoms with Crippen molar-refractivity contribution in [1.29, 1.82) is 0 Å². The molecule has 0 N–H and O–H groups in total. The number of benzene rings is 2. The molecule has 1 heteroatoms. The normalized spacial score (nSPS) is 25.2. The summed E-state index contributed by atoms with van der Waals surface area (Å²) in [7, 11) is -1.58. The maximum atomic E-state index is 2.52. The van der Waals surface area contributed by atoms with Gasteiger partial charge in [-0.25, -0.2) is 0 Å². The summed E-state index contributed by atoms with van der Waals surface area (Å²) in [6.07, 6.45) is 7.91. The third-order valence-corrected chi connectivity index (χ3v) is 14.1. The van der Waals surface area contributed by atoms with Crippen molar-refractivity contribution in [2.45, 2.75) is 63.7 Å². The molecule has 1 heterocycles. The zero-order chi connectivity index (χ0) is 18.8. The maximum absolute atomic E-state index is 2.52. The van der Waals surface area contributed by atoms with Crippen LogP contribution in [0, 0.1) is 13.8 Å². The number of hydrogen-bond donors (Lipinski definition) is 0. The Bertz CT molecular complexity index is 910. The van der Waals surface area contributed by atoms with Crippen LogP contribution in [0.4, 0.5) is 0 Å². The summed E-state index contributed by atoms with van der Waals surface area (Å²) in [5.41, 5.74) is 13.9. The van der Waals surface area contributed by atoms with Crippen LogP contribution in [0.5, 0.6) is 0 Å². The third-order valence-electron chi connectivity index (χ3n) is 7.68. The zero-order valence-electron chi connectivity index (χ0n) is 17.1. The lowest BCUT2D eigenvalue weighted by Crippen LogP contribution is -2.45. The fourth-order valence-electron chi connectivity index (χ4n) is 6.72. The number of rotatable bonds is 2. The fourth-order valence-corrected chi connectivity index (χ4v) is 14.0. The molecule has 0 nitrogen and oxygen atoms in total. The van der Waals surface area contributed by atoms with Crippen molar-refractivity contribution in [2.75, 3.05) is 0 Å². The average Bonchev–Trinajstić information content (AvgIpc) is 3.31. The zero-order valence-corrected chi connectivity index (χ0v) is 18.1. The molecule has 0 spiro atoms. The minimum Gasteiger partial charge on any atom is -0.0679 e. The van der Waals surface area contributed by atoms with Crippen molar-refractivity contribution in [3.05, 3.63) is 80.9 Å². The lowest BCUT2D eigenvalue weighted by Gasteiger charge is -2.42. The Balaban J connectivity index is 1.71. The summed E-state index contributed by atoms with van der Waals surface area (Å²) >= 11 is 0. The van der Waals surface area contributed by atoms with E-state index in [-0.39, 0.29) is 0 Å². The van der Waals surface area contributed by atoms with E-state index in [1.54, 1.807) is 22.3 Å². The molecule has 1 fully saturated rings. The summed E-state index contributed by atoms with van der Waals surface area (Å²) in [5.74, 6) is 0. The SMILES string of the molecule is CC1=Cc2c(C)cccc2C1[Si]1(C2C(C)=Cc3c(C)cccc32)CCCC1. The molecule has 2 aliphatic carbocycles. The molecule has 0 bridgehead atoms. The first kappa shape index (κ1) is 17.2. The highest BCUT2D eigenvalue weighted by Crippen LogP contribution is 2.58. The Hall–Kier alpha value is -1.86. The van der Waals surface area contributed by atoms with E-state index in [0.717, 1.165) is 0 Å². The molecule has 2 atom stereocenters. The molecule has 5 rings (SSSR count). The highest BCUT2D eigenvalue weighted by Gasteiger charge is 2.54. The Morgan fingerprint density at radius 2 is 1.11 bits per heavy atom. The topological polar surface area (TPSA) is 0 Å². The van der Waals surface area contributed by atoms with E-state index < -0.39 is 8.07 Å². The molecule has 0 saturated carbocycles. The van der Waals surface area contributed by atoms with Gasteiger partial charge in [-0.05, 0) is 61.1 Å². The number of hydrogen-bond acceptors (Lipinski definition) is 0. The van der Waals surface area contributed by atoms with Gasteiger partial charge in [0.2, 0.25) is 0 Å². The van der Waals surface area contributed by atoms with Gasteiger partial charge in [-0.2, -0.15) is 0 Å². The highest BCUT2D eigenvalue weighted by atomic mass is 28.3. The second kappa shape index (κ2) is 6.07. The van der Waals surface area contributed by atoms with Crippen molar-refractivity contribution >= 4 is 20.2 Å². The highest BCUT2D eigenvalue weighted by molar-refractivity contribution is 6.84. The molecular formula is C26H30Si. The van der Waals surface area contributed by atoms with Crippen LogP contribution < -0.4 is 0 Å². The largest absolute Gasteiger partial charge is 0.0781 e. The van der Waals surface area contributed by atoms with Crippen LogP contribution in [-0.2, 0) is 0 Å². The van der Waals surface area contributed by atoms with Crippen LogP contribution in [0.25, 0.3) is 12.2 Å². The second-order valence-electron chi connectivity index (χ2n) is 9.24. The van der Waals surface area contributed by atoms with Gasteiger partial charge in [0.15, 0.2) is 0 Å². The standard InChI is InChI=1S/C26H30Si/c1-17-9-7-11-21-23(17)15-19(3)25(21)27(13-5-6-14-27)26-20(4)16-24-18(2)10-8-12-22(24)26/h7-12,15-16,25-26H,5-6,13-14H2,1-4H3. The van der Waals surface area contributed by atoms with Crippen LogP contribution in [0.2, 0.25) is 12.1 Å². The number of aryl methyl sites for hydroxylation is 2. The van der Waals surface area contributed by atoms with E-state index in [9.17, 15) is 0 Å². The van der Waals surface area contributed by atoms with Gasteiger partial charge in [0.25, 0.3) is 0 Å². The van der Waals surface area contributed by atoms with E-state index in [2.05, 4.69) is 76.2 Å². The fraction of sp³-hybridized carbons (Fsp3) is 0.385.